The number of hydrogen-bond donors (Lipinski definition) is 1. The second-order valence-corrected chi connectivity index (χ2v) is 4.36. The SMILES string of the molecule is CCNC(=O)Cn1ccc(=O)c2cc(Cl)ccc21. The number of rotatable bonds is 3. The summed E-state index contributed by atoms with van der Waals surface area (Å²) in [5.74, 6) is -0.0857. The van der Waals surface area contributed by atoms with E-state index in [1.807, 2.05) is 6.92 Å². The molecule has 2 aromatic rings. The van der Waals surface area contributed by atoms with E-state index in [2.05, 4.69) is 5.32 Å². The van der Waals surface area contributed by atoms with Crippen molar-refractivity contribution in [3.05, 3.63) is 45.7 Å². The summed E-state index contributed by atoms with van der Waals surface area (Å²) in [5.41, 5.74) is 0.609. The summed E-state index contributed by atoms with van der Waals surface area (Å²) in [6.07, 6.45) is 1.62. The second-order valence-electron chi connectivity index (χ2n) is 3.92. The number of fused-ring (bicyclic) bond motifs is 1. The van der Waals surface area contributed by atoms with Crippen LogP contribution in [0, 0.1) is 0 Å². The van der Waals surface area contributed by atoms with Gasteiger partial charge < -0.3 is 9.88 Å². The summed E-state index contributed by atoms with van der Waals surface area (Å²) in [7, 11) is 0. The lowest BCUT2D eigenvalue weighted by atomic mass is 10.2. The number of carbonyl (C=O) groups excluding carboxylic acids is 1. The van der Waals surface area contributed by atoms with E-state index in [1.165, 1.54) is 6.07 Å². The number of likely N-dealkylation sites (N-methyl/N-ethyl adjacent to an activating group) is 1. The highest BCUT2D eigenvalue weighted by atomic mass is 35.5. The minimum absolute atomic E-state index is 0.0857. The van der Waals surface area contributed by atoms with Gasteiger partial charge in [0.05, 0.1) is 5.52 Å². The van der Waals surface area contributed by atoms with Crippen molar-refractivity contribution in [2.75, 3.05) is 6.54 Å². The molecule has 4 nitrogen and oxygen atoms in total. The van der Waals surface area contributed by atoms with Crippen molar-refractivity contribution >= 4 is 28.4 Å². The molecule has 0 atom stereocenters. The summed E-state index contributed by atoms with van der Waals surface area (Å²) in [6, 6.07) is 6.52. The van der Waals surface area contributed by atoms with Crippen LogP contribution in [-0.4, -0.2) is 17.0 Å². The van der Waals surface area contributed by atoms with Gasteiger partial charge in [0.15, 0.2) is 5.43 Å². The van der Waals surface area contributed by atoms with Crippen LogP contribution in [-0.2, 0) is 11.3 Å². The molecule has 2 rings (SSSR count). The third-order valence-corrected chi connectivity index (χ3v) is 2.86. The van der Waals surface area contributed by atoms with E-state index in [0.717, 1.165) is 0 Å². The fourth-order valence-electron chi connectivity index (χ4n) is 1.83. The lowest BCUT2D eigenvalue weighted by Crippen LogP contribution is -2.27. The van der Waals surface area contributed by atoms with Gasteiger partial charge in [0.2, 0.25) is 5.91 Å². The predicted octanol–water partition coefficient (Wildman–Crippen LogP) is 1.79. The van der Waals surface area contributed by atoms with Gasteiger partial charge in [-0.05, 0) is 25.1 Å². The second kappa shape index (κ2) is 5.23. The van der Waals surface area contributed by atoms with Gasteiger partial charge in [-0.3, -0.25) is 9.59 Å². The van der Waals surface area contributed by atoms with Gasteiger partial charge in [-0.1, -0.05) is 11.6 Å². The highest BCUT2D eigenvalue weighted by Gasteiger charge is 2.06. The van der Waals surface area contributed by atoms with E-state index >= 15 is 0 Å². The van der Waals surface area contributed by atoms with Crippen molar-refractivity contribution in [3.63, 3.8) is 0 Å². The minimum Gasteiger partial charge on any atom is -0.355 e. The lowest BCUT2D eigenvalue weighted by Gasteiger charge is -2.10. The highest BCUT2D eigenvalue weighted by molar-refractivity contribution is 6.31. The maximum atomic E-state index is 11.7. The number of amides is 1. The molecule has 0 bridgehead atoms. The normalized spacial score (nSPS) is 10.6. The van der Waals surface area contributed by atoms with Crippen molar-refractivity contribution in [2.24, 2.45) is 0 Å². The van der Waals surface area contributed by atoms with Crippen LogP contribution >= 0.6 is 11.6 Å². The Bertz CT molecular complexity index is 649. The zero-order valence-electron chi connectivity index (χ0n) is 9.94. The number of pyridine rings is 1. The molecule has 0 unspecified atom stereocenters. The van der Waals surface area contributed by atoms with Gasteiger partial charge in [0.25, 0.3) is 0 Å². The first-order chi connectivity index (χ1) is 8.61. The molecule has 0 aliphatic carbocycles. The Morgan fingerprint density at radius 2 is 2.17 bits per heavy atom. The standard InChI is InChI=1S/C13H13ClN2O2/c1-2-15-13(18)8-16-6-5-12(17)10-7-9(14)3-4-11(10)16/h3-7H,2,8H2,1H3,(H,15,18). The van der Waals surface area contributed by atoms with Crippen molar-refractivity contribution < 1.29 is 4.79 Å². The average molecular weight is 265 g/mol. The van der Waals surface area contributed by atoms with Crippen molar-refractivity contribution in [3.8, 4) is 0 Å². The first-order valence-corrected chi connectivity index (χ1v) is 6.05. The molecule has 1 aromatic carbocycles. The van der Waals surface area contributed by atoms with E-state index in [9.17, 15) is 9.59 Å². The van der Waals surface area contributed by atoms with Crippen LogP contribution in [0.2, 0.25) is 5.02 Å². The molecular formula is C13H13ClN2O2. The van der Waals surface area contributed by atoms with Gasteiger partial charge in [-0.2, -0.15) is 0 Å². The molecule has 0 spiro atoms. The Balaban J connectivity index is 2.49. The van der Waals surface area contributed by atoms with Crippen LogP contribution in [0.25, 0.3) is 10.9 Å². The van der Waals surface area contributed by atoms with Gasteiger partial charge in [-0.15, -0.1) is 0 Å². The van der Waals surface area contributed by atoms with Crippen LogP contribution in [0.5, 0.6) is 0 Å². The molecule has 0 radical (unpaired) electrons. The largest absolute Gasteiger partial charge is 0.355 e. The molecule has 0 saturated carbocycles. The molecule has 94 valence electrons. The Morgan fingerprint density at radius 1 is 1.39 bits per heavy atom. The fraction of sp³-hybridized carbons (Fsp3) is 0.231. The van der Waals surface area contributed by atoms with E-state index in [1.54, 1.807) is 29.0 Å². The summed E-state index contributed by atoms with van der Waals surface area (Å²) in [5, 5.41) is 3.75. The Kier molecular flexibility index (Phi) is 3.67. The van der Waals surface area contributed by atoms with Crippen LogP contribution in [0.1, 0.15) is 6.92 Å². The topological polar surface area (TPSA) is 51.1 Å². The van der Waals surface area contributed by atoms with Crippen LogP contribution in [0.15, 0.2) is 35.3 Å². The molecule has 1 heterocycles. The zero-order valence-corrected chi connectivity index (χ0v) is 10.7. The third kappa shape index (κ3) is 2.54. The van der Waals surface area contributed by atoms with Crippen molar-refractivity contribution in [1.29, 1.82) is 0 Å². The quantitative estimate of drug-likeness (QED) is 0.919. The average Bonchev–Trinajstić information content (AvgIpc) is 2.33. The number of aromatic nitrogens is 1. The molecule has 1 aromatic heterocycles. The monoisotopic (exact) mass is 264 g/mol. The first-order valence-electron chi connectivity index (χ1n) is 5.67. The Labute approximate surface area is 109 Å². The van der Waals surface area contributed by atoms with Gasteiger partial charge in [-0.25, -0.2) is 0 Å². The Hall–Kier alpha value is -1.81. The van der Waals surface area contributed by atoms with Gasteiger partial charge >= 0.3 is 0 Å². The highest BCUT2D eigenvalue weighted by Crippen LogP contribution is 2.16. The molecule has 0 saturated heterocycles. The summed E-state index contributed by atoms with van der Waals surface area (Å²) >= 11 is 5.87. The van der Waals surface area contributed by atoms with E-state index in [-0.39, 0.29) is 17.9 Å². The molecule has 1 N–H and O–H groups in total. The fourth-order valence-corrected chi connectivity index (χ4v) is 2.00. The van der Waals surface area contributed by atoms with E-state index in [4.69, 9.17) is 11.6 Å². The maximum absolute atomic E-state index is 11.7. The van der Waals surface area contributed by atoms with Crippen molar-refractivity contribution in [2.45, 2.75) is 13.5 Å². The minimum atomic E-state index is -0.0975. The van der Waals surface area contributed by atoms with Gasteiger partial charge in [0.1, 0.15) is 6.54 Å². The van der Waals surface area contributed by atoms with Crippen LogP contribution in [0.4, 0.5) is 0 Å². The predicted molar refractivity (Wildman–Crippen MR) is 71.9 cm³/mol. The number of carbonyl (C=O) groups is 1. The smallest absolute Gasteiger partial charge is 0.239 e. The molecule has 1 amide bonds. The molecule has 0 aliphatic rings. The zero-order chi connectivity index (χ0) is 13.1. The molecule has 0 aliphatic heterocycles. The van der Waals surface area contributed by atoms with E-state index in [0.29, 0.717) is 22.5 Å². The Morgan fingerprint density at radius 3 is 2.89 bits per heavy atom. The third-order valence-electron chi connectivity index (χ3n) is 2.63. The molecule has 5 heteroatoms. The first kappa shape index (κ1) is 12.6. The van der Waals surface area contributed by atoms with Crippen LogP contribution in [0.3, 0.4) is 0 Å². The number of benzene rings is 1. The van der Waals surface area contributed by atoms with Crippen molar-refractivity contribution in [1.82, 2.24) is 9.88 Å². The van der Waals surface area contributed by atoms with Gasteiger partial charge in [0, 0.05) is 29.2 Å². The van der Waals surface area contributed by atoms with Crippen LogP contribution < -0.4 is 10.7 Å². The van der Waals surface area contributed by atoms with E-state index < -0.39 is 0 Å². The molecule has 0 fully saturated rings. The number of hydrogen-bond acceptors (Lipinski definition) is 2. The lowest BCUT2D eigenvalue weighted by molar-refractivity contribution is -0.121. The maximum Gasteiger partial charge on any atom is 0.239 e. The molecular weight excluding hydrogens is 252 g/mol. The number of nitrogens with zero attached hydrogens (tertiary/aromatic N) is 1. The molecule has 18 heavy (non-hydrogen) atoms. The summed E-state index contributed by atoms with van der Waals surface area (Å²) in [4.78, 5) is 23.3. The summed E-state index contributed by atoms with van der Waals surface area (Å²) in [6.45, 7) is 2.64. The number of halogens is 1. The summed E-state index contributed by atoms with van der Waals surface area (Å²) < 4.78 is 1.73. The number of nitrogens with one attached hydrogen (secondary N) is 1.